The van der Waals surface area contributed by atoms with Gasteiger partial charge in [0.25, 0.3) is 0 Å². The van der Waals surface area contributed by atoms with Crippen molar-refractivity contribution >= 4 is 11.6 Å². The van der Waals surface area contributed by atoms with Gasteiger partial charge in [0.15, 0.2) is 5.82 Å². The van der Waals surface area contributed by atoms with Gasteiger partial charge in [-0.3, -0.25) is 10.00 Å². The molecule has 7 heteroatoms. The third-order valence-corrected chi connectivity index (χ3v) is 3.82. The van der Waals surface area contributed by atoms with Crippen LogP contribution in [0.15, 0.2) is 18.2 Å². The first-order valence-electron chi connectivity index (χ1n) is 6.78. The Kier molecular flexibility index (Phi) is 4.19. The molecule has 0 aliphatic carbocycles. The van der Waals surface area contributed by atoms with Crippen LogP contribution >= 0.6 is 11.6 Å². The highest BCUT2D eigenvalue weighted by Crippen LogP contribution is 2.23. The predicted molar refractivity (Wildman–Crippen MR) is 76.5 cm³/mol. The fraction of sp³-hybridized carbons (Fsp3) is 0.429. The van der Waals surface area contributed by atoms with Crippen LogP contribution in [0, 0.1) is 12.7 Å². The fourth-order valence-electron chi connectivity index (χ4n) is 2.41. The molecular formula is C14H16ClFN4O. The van der Waals surface area contributed by atoms with Gasteiger partial charge in [0.2, 0.25) is 0 Å². The van der Waals surface area contributed by atoms with E-state index in [2.05, 4.69) is 20.1 Å². The highest BCUT2D eigenvalue weighted by molar-refractivity contribution is 6.31. The number of nitrogens with zero attached hydrogens (tertiary/aromatic N) is 3. The minimum absolute atomic E-state index is 0.170. The van der Waals surface area contributed by atoms with Crippen molar-refractivity contribution in [3.63, 3.8) is 0 Å². The molecule has 0 unspecified atom stereocenters. The zero-order valence-electron chi connectivity index (χ0n) is 11.6. The summed E-state index contributed by atoms with van der Waals surface area (Å²) in [6.07, 6.45) is -0.170. The van der Waals surface area contributed by atoms with Crippen molar-refractivity contribution in [1.82, 2.24) is 20.1 Å². The van der Waals surface area contributed by atoms with Gasteiger partial charge in [0.05, 0.1) is 6.61 Å². The van der Waals surface area contributed by atoms with Crippen LogP contribution < -0.4 is 0 Å². The van der Waals surface area contributed by atoms with E-state index >= 15 is 0 Å². The highest BCUT2D eigenvalue weighted by Gasteiger charge is 2.25. The van der Waals surface area contributed by atoms with Gasteiger partial charge in [-0.25, -0.2) is 9.37 Å². The summed E-state index contributed by atoms with van der Waals surface area (Å²) >= 11 is 6.12. The number of aromatic amines is 1. The maximum absolute atomic E-state index is 13.3. The summed E-state index contributed by atoms with van der Waals surface area (Å²) < 4.78 is 19.0. The number of halogens is 2. The van der Waals surface area contributed by atoms with Gasteiger partial charge in [0, 0.05) is 24.7 Å². The molecule has 0 amide bonds. The van der Waals surface area contributed by atoms with Gasteiger partial charge in [-0.05, 0) is 30.7 Å². The molecule has 0 saturated carbocycles. The molecule has 0 spiro atoms. The second kappa shape index (κ2) is 6.09. The largest absolute Gasteiger partial charge is 0.367 e. The third-order valence-electron chi connectivity index (χ3n) is 3.45. The molecule has 112 valence electrons. The predicted octanol–water partition coefficient (Wildman–Crippen LogP) is 2.48. The number of rotatable bonds is 3. The molecule has 5 nitrogen and oxygen atoms in total. The normalized spacial score (nSPS) is 19.9. The van der Waals surface area contributed by atoms with Gasteiger partial charge in [-0.15, -0.1) is 0 Å². The highest BCUT2D eigenvalue weighted by atomic mass is 35.5. The van der Waals surface area contributed by atoms with E-state index in [-0.39, 0.29) is 11.9 Å². The second-order valence-corrected chi connectivity index (χ2v) is 5.52. The number of aryl methyl sites for hydroxylation is 1. The Labute approximate surface area is 127 Å². The number of benzene rings is 1. The number of morpholine rings is 1. The van der Waals surface area contributed by atoms with Gasteiger partial charge >= 0.3 is 0 Å². The summed E-state index contributed by atoms with van der Waals surface area (Å²) in [5.41, 5.74) is 0.781. The van der Waals surface area contributed by atoms with Crippen molar-refractivity contribution in [2.75, 3.05) is 19.7 Å². The lowest BCUT2D eigenvalue weighted by atomic mass is 10.1. The van der Waals surface area contributed by atoms with E-state index in [1.54, 1.807) is 6.07 Å². The number of hydrogen-bond acceptors (Lipinski definition) is 4. The van der Waals surface area contributed by atoms with Crippen LogP contribution in [-0.4, -0.2) is 39.8 Å². The minimum atomic E-state index is -0.274. The molecule has 0 bridgehead atoms. The van der Waals surface area contributed by atoms with E-state index in [9.17, 15) is 4.39 Å². The molecule has 2 heterocycles. The maximum Gasteiger partial charge on any atom is 0.180 e. The summed E-state index contributed by atoms with van der Waals surface area (Å²) in [4.78, 5) is 6.47. The molecule has 1 atom stereocenters. The van der Waals surface area contributed by atoms with Crippen LogP contribution in [0.4, 0.5) is 4.39 Å². The van der Waals surface area contributed by atoms with Crippen LogP contribution in [0.5, 0.6) is 0 Å². The molecule has 21 heavy (non-hydrogen) atoms. The van der Waals surface area contributed by atoms with Gasteiger partial charge in [0.1, 0.15) is 17.7 Å². The quantitative estimate of drug-likeness (QED) is 0.946. The first kappa shape index (κ1) is 14.4. The molecule has 1 aromatic heterocycles. The van der Waals surface area contributed by atoms with Crippen molar-refractivity contribution in [2.45, 2.75) is 19.6 Å². The van der Waals surface area contributed by atoms with Crippen LogP contribution in [0.25, 0.3) is 0 Å². The number of hydrogen-bond donors (Lipinski definition) is 1. The number of nitrogens with one attached hydrogen (secondary N) is 1. The second-order valence-electron chi connectivity index (χ2n) is 5.11. The standard InChI is InChI=1S/C14H16ClFN4O/c1-9-17-14(19-18-9)13-8-20(4-5-21-13)7-10-6-11(16)2-3-12(10)15/h2-3,6,13H,4-5,7-8H2,1H3,(H,17,18,19)/t13-/m0/s1. The molecule has 1 aliphatic rings. The third kappa shape index (κ3) is 3.40. The summed E-state index contributed by atoms with van der Waals surface area (Å²) in [5.74, 6) is 1.14. The van der Waals surface area contributed by atoms with Crippen LogP contribution in [-0.2, 0) is 11.3 Å². The zero-order chi connectivity index (χ0) is 14.8. The Balaban J connectivity index is 1.70. The lowest BCUT2D eigenvalue weighted by Gasteiger charge is -2.31. The summed E-state index contributed by atoms with van der Waals surface area (Å²) in [6, 6.07) is 4.43. The van der Waals surface area contributed by atoms with E-state index in [0.29, 0.717) is 30.5 Å². The van der Waals surface area contributed by atoms with E-state index in [1.807, 2.05) is 6.92 Å². The van der Waals surface area contributed by atoms with Crippen molar-refractivity contribution in [1.29, 1.82) is 0 Å². The van der Waals surface area contributed by atoms with Crippen LogP contribution in [0.2, 0.25) is 5.02 Å². The minimum Gasteiger partial charge on any atom is -0.367 e. The number of ether oxygens (including phenoxy) is 1. The van der Waals surface area contributed by atoms with Crippen LogP contribution in [0.1, 0.15) is 23.3 Å². The first-order valence-corrected chi connectivity index (χ1v) is 7.16. The summed E-state index contributed by atoms with van der Waals surface area (Å²) in [6.45, 7) is 4.45. The zero-order valence-corrected chi connectivity index (χ0v) is 12.4. The topological polar surface area (TPSA) is 54.0 Å². The van der Waals surface area contributed by atoms with E-state index in [0.717, 1.165) is 17.9 Å². The van der Waals surface area contributed by atoms with Crippen molar-refractivity contribution in [3.05, 3.63) is 46.3 Å². The van der Waals surface area contributed by atoms with Crippen molar-refractivity contribution < 1.29 is 9.13 Å². The SMILES string of the molecule is Cc1nc([C@@H]2CN(Cc3cc(F)ccc3Cl)CCO2)n[nH]1. The molecule has 3 rings (SSSR count). The summed E-state index contributed by atoms with van der Waals surface area (Å²) in [5, 5.41) is 7.53. The Hall–Kier alpha value is -1.50. The summed E-state index contributed by atoms with van der Waals surface area (Å²) in [7, 11) is 0. The molecule has 1 N–H and O–H groups in total. The van der Waals surface area contributed by atoms with Crippen molar-refractivity contribution in [3.8, 4) is 0 Å². The molecule has 1 aliphatic heterocycles. The molecule has 1 saturated heterocycles. The lowest BCUT2D eigenvalue weighted by Crippen LogP contribution is -2.38. The maximum atomic E-state index is 13.3. The molecular weight excluding hydrogens is 295 g/mol. The van der Waals surface area contributed by atoms with Gasteiger partial charge in [-0.1, -0.05) is 11.6 Å². The molecule has 1 fully saturated rings. The monoisotopic (exact) mass is 310 g/mol. The Morgan fingerprint density at radius 3 is 3.14 bits per heavy atom. The van der Waals surface area contributed by atoms with E-state index < -0.39 is 0 Å². The van der Waals surface area contributed by atoms with E-state index in [1.165, 1.54) is 12.1 Å². The van der Waals surface area contributed by atoms with E-state index in [4.69, 9.17) is 16.3 Å². The molecule has 0 radical (unpaired) electrons. The van der Waals surface area contributed by atoms with Crippen molar-refractivity contribution in [2.24, 2.45) is 0 Å². The Morgan fingerprint density at radius 1 is 1.52 bits per heavy atom. The smallest absolute Gasteiger partial charge is 0.180 e. The average molecular weight is 311 g/mol. The fourth-order valence-corrected chi connectivity index (χ4v) is 2.59. The Morgan fingerprint density at radius 2 is 2.38 bits per heavy atom. The van der Waals surface area contributed by atoms with Gasteiger partial charge in [-0.2, -0.15) is 5.10 Å². The lowest BCUT2D eigenvalue weighted by molar-refractivity contribution is -0.0370. The average Bonchev–Trinajstić information content (AvgIpc) is 2.90. The molecule has 1 aromatic carbocycles. The number of aromatic nitrogens is 3. The van der Waals surface area contributed by atoms with Crippen LogP contribution in [0.3, 0.4) is 0 Å². The first-order chi connectivity index (χ1) is 10.1. The number of H-pyrrole nitrogens is 1. The van der Waals surface area contributed by atoms with Gasteiger partial charge < -0.3 is 4.74 Å². The molecule has 2 aromatic rings. The Bertz CT molecular complexity index is 633.